The maximum Gasteiger partial charge on any atom is 0.247 e. The lowest BCUT2D eigenvalue weighted by atomic mass is 10.2. The predicted octanol–water partition coefficient (Wildman–Crippen LogP) is 7.09. The summed E-state index contributed by atoms with van der Waals surface area (Å²) in [5.74, 6) is 0. The average Bonchev–Trinajstić information content (AvgIpc) is 2.83. The molecule has 3 aromatic carbocycles. The Morgan fingerprint density at radius 3 is 0.638 bits per heavy atom. The van der Waals surface area contributed by atoms with Gasteiger partial charge in [0.1, 0.15) is 0 Å². The van der Waals surface area contributed by atoms with Gasteiger partial charge in [-0.25, -0.2) is 0 Å². The Kier molecular flexibility index (Phi) is 11.2. The van der Waals surface area contributed by atoms with Crippen LogP contribution in [0.15, 0.2) is 36.4 Å². The smallest absolute Gasteiger partial charge is 0.149 e. The Labute approximate surface area is 303 Å². The van der Waals surface area contributed by atoms with Gasteiger partial charge in [-0.05, 0) is 36.3 Å². The first-order chi connectivity index (χ1) is 20.8. The predicted molar refractivity (Wildman–Crippen MR) is 242 cm³/mol. The zero-order chi connectivity index (χ0) is 36.7. The minimum atomic E-state index is -3.22. The van der Waals surface area contributed by atoms with Gasteiger partial charge in [0.15, 0.2) is 0 Å². The van der Waals surface area contributed by atoms with Crippen molar-refractivity contribution in [3.05, 3.63) is 53.1 Å². The van der Waals surface area contributed by atoms with Crippen LogP contribution in [0.25, 0.3) is 0 Å². The first-order valence-corrected chi connectivity index (χ1v) is 41.9. The monoisotopic (exact) mass is 768 g/mol. The van der Waals surface area contributed by atoms with Crippen LogP contribution in [0, 0.1) is 20.8 Å². The van der Waals surface area contributed by atoms with Crippen LogP contribution in [0.3, 0.4) is 0 Å². The largest absolute Gasteiger partial charge is 0.247 e. The summed E-state index contributed by atoms with van der Waals surface area (Å²) < 4.78 is 0. The Hall–Kier alpha value is -0.532. The molecule has 0 atom stereocenters. The Balaban J connectivity index is 3.12. The summed E-state index contributed by atoms with van der Waals surface area (Å²) in [5, 5.41) is 14.7. The van der Waals surface area contributed by atoms with Crippen LogP contribution in [-0.2, 0) is 0 Å². The van der Waals surface area contributed by atoms with E-state index in [4.69, 9.17) is 0 Å². The molecule has 0 aliphatic carbocycles. The molecule has 0 saturated heterocycles. The molecule has 8 heteroatoms. The molecular formula is C39H69ClSi7. The van der Waals surface area contributed by atoms with Crippen LogP contribution in [0.1, 0.15) is 16.7 Å². The highest BCUT2D eigenvalue weighted by Gasteiger charge is 2.53. The number of benzene rings is 3. The number of hydrogen-bond donors (Lipinski definition) is 0. The van der Waals surface area contributed by atoms with E-state index in [9.17, 15) is 11.1 Å². The van der Waals surface area contributed by atoms with Gasteiger partial charge in [-0.15, -0.1) is 11.1 Å². The van der Waals surface area contributed by atoms with Crippen molar-refractivity contribution < 1.29 is 0 Å². The van der Waals surface area contributed by atoms with E-state index < -0.39 is 55.8 Å². The first-order valence-electron chi connectivity index (χ1n) is 17.9. The van der Waals surface area contributed by atoms with Crippen LogP contribution < -0.4 is 46.7 Å². The molecule has 0 aliphatic rings. The molecule has 0 heterocycles. The molecule has 47 heavy (non-hydrogen) atoms. The summed E-state index contributed by atoms with van der Waals surface area (Å²) in [6, 6.07) is 15.1. The molecule has 0 spiro atoms. The van der Waals surface area contributed by atoms with E-state index in [0.717, 1.165) is 0 Å². The summed E-state index contributed by atoms with van der Waals surface area (Å²) in [5.41, 5.74) is 4.40. The van der Waals surface area contributed by atoms with Crippen molar-refractivity contribution in [2.75, 3.05) is 0 Å². The molecule has 0 nitrogen and oxygen atoms in total. The van der Waals surface area contributed by atoms with Gasteiger partial charge in [0.2, 0.25) is 7.38 Å². The van der Waals surface area contributed by atoms with Crippen molar-refractivity contribution >= 4 is 114 Å². The summed E-state index contributed by atoms with van der Waals surface area (Å²) in [7, 11) is -14.4. The topological polar surface area (TPSA) is 0 Å². The van der Waals surface area contributed by atoms with Gasteiger partial charge in [0.05, 0.1) is 48.4 Å². The van der Waals surface area contributed by atoms with Crippen LogP contribution in [0.5, 0.6) is 0 Å². The van der Waals surface area contributed by atoms with Crippen molar-refractivity contribution in [1.29, 1.82) is 0 Å². The fraction of sp³-hybridized carbons (Fsp3) is 0.538. The van der Waals surface area contributed by atoms with E-state index in [-0.39, 0.29) is 0 Å². The number of rotatable bonds is 9. The van der Waals surface area contributed by atoms with Crippen molar-refractivity contribution in [2.24, 2.45) is 0 Å². The number of halogens is 1. The van der Waals surface area contributed by atoms with E-state index >= 15 is 0 Å². The lowest BCUT2D eigenvalue weighted by Crippen LogP contribution is -2.87. The van der Waals surface area contributed by atoms with Gasteiger partial charge >= 0.3 is 0 Å². The van der Waals surface area contributed by atoms with Crippen LogP contribution in [0.4, 0.5) is 0 Å². The second-order valence-corrected chi connectivity index (χ2v) is 55.3. The quantitative estimate of drug-likeness (QED) is 0.124. The molecular weight excluding hydrogens is 700 g/mol. The van der Waals surface area contributed by atoms with E-state index in [1.165, 1.54) is 16.7 Å². The van der Waals surface area contributed by atoms with E-state index in [0.29, 0.717) is 0 Å². The lowest BCUT2D eigenvalue weighted by molar-refractivity contribution is 1.49. The molecule has 0 radical (unpaired) electrons. The fourth-order valence-corrected chi connectivity index (χ4v) is 36.6. The van der Waals surface area contributed by atoms with Gasteiger partial charge in [0, 0.05) is 0 Å². The minimum Gasteiger partial charge on any atom is -0.149 e. The Morgan fingerprint density at radius 1 is 0.298 bits per heavy atom. The van der Waals surface area contributed by atoms with E-state index in [2.05, 4.69) is 175 Å². The van der Waals surface area contributed by atoms with Crippen molar-refractivity contribution in [3.63, 3.8) is 0 Å². The third-order valence-corrected chi connectivity index (χ3v) is 29.3. The third-order valence-electron chi connectivity index (χ3n) is 9.95. The Morgan fingerprint density at radius 2 is 0.489 bits per heavy atom. The molecule has 0 saturated carbocycles. The lowest BCUT2D eigenvalue weighted by Gasteiger charge is -2.46. The molecule has 0 aliphatic heterocycles. The molecule has 0 unspecified atom stereocenters. The molecule has 0 N–H and O–H groups in total. The fourth-order valence-electron chi connectivity index (χ4n) is 8.34. The average molecular weight is 770 g/mol. The van der Waals surface area contributed by atoms with Crippen LogP contribution >= 0.6 is 11.1 Å². The van der Waals surface area contributed by atoms with Crippen molar-refractivity contribution in [2.45, 2.75) is 139 Å². The highest BCUT2D eigenvalue weighted by Crippen LogP contribution is 2.22. The van der Waals surface area contributed by atoms with Crippen molar-refractivity contribution in [1.82, 2.24) is 0 Å². The van der Waals surface area contributed by atoms with Gasteiger partial charge in [-0.3, -0.25) is 0 Å². The summed E-state index contributed by atoms with van der Waals surface area (Å²) in [6.07, 6.45) is 0. The zero-order valence-electron chi connectivity index (χ0n) is 34.3. The summed E-state index contributed by atoms with van der Waals surface area (Å²) in [4.78, 5) is 0. The minimum absolute atomic E-state index is 1.47. The van der Waals surface area contributed by atoms with Gasteiger partial charge in [-0.2, -0.15) is 0 Å². The SMILES string of the molecule is Cc1ccc([Si](C)(C)C)c([Si](Cl)(c2c([Si](C)(C)C)ccc(C)c2[Si](C)(C)C)c2c([Si](C)(C)C)ccc(C)c2[Si](C)(C)C)c1[Si](C)(C)C. The first kappa shape index (κ1) is 40.9. The van der Waals surface area contributed by atoms with Gasteiger partial charge in [-0.1, -0.05) is 202 Å². The third kappa shape index (κ3) is 7.87. The number of hydrogen-bond acceptors (Lipinski definition) is 0. The Bertz CT molecular complexity index is 1470. The van der Waals surface area contributed by atoms with Crippen LogP contribution in [0.2, 0.25) is 118 Å². The molecule has 3 aromatic rings. The zero-order valence-corrected chi connectivity index (χ0v) is 42.1. The summed E-state index contributed by atoms with van der Waals surface area (Å²) >= 11 is 9.47. The molecule has 3 rings (SSSR count). The normalized spacial score (nSPS) is 14.2. The second-order valence-electron chi connectivity index (χ2n) is 20.7. The standard InChI is InChI=1S/C39H69ClSi7/c1-28-22-25-31(41(4,5)6)37(34(28)44(13,14)15)47(40,38-32(42(7,8)9)26-23-29(2)35(38)45(16,17)18)39-33(43(10,11)12)27-24-30(3)36(39)46(19,20)21/h22-27H,1-21H3. The highest BCUT2D eigenvalue weighted by atomic mass is 35.6. The van der Waals surface area contributed by atoms with Gasteiger partial charge in [0.25, 0.3) is 0 Å². The molecule has 0 fully saturated rings. The summed E-state index contributed by atoms with van der Waals surface area (Å²) in [6.45, 7) is 53.7. The molecule has 0 aromatic heterocycles. The van der Waals surface area contributed by atoms with Crippen molar-refractivity contribution in [3.8, 4) is 0 Å². The second kappa shape index (κ2) is 12.9. The maximum atomic E-state index is 9.47. The van der Waals surface area contributed by atoms with E-state index in [1.807, 2.05) is 0 Å². The number of aryl methyl sites for hydroxylation is 3. The highest BCUT2D eigenvalue weighted by molar-refractivity contribution is 7.46. The van der Waals surface area contributed by atoms with Crippen LogP contribution in [-0.4, -0.2) is 55.8 Å². The molecule has 0 amide bonds. The van der Waals surface area contributed by atoms with E-state index in [1.54, 1.807) is 46.7 Å². The molecule has 260 valence electrons. The van der Waals surface area contributed by atoms with Gasteiger partial charge < -0.3 is 0 Å². The molecule has 0 bridgehead atoms. The maximum absolute atomic E-state index is 9.47.